The van der Waals surface area contributed by atoms with Crippen LogP contribution in [0.15, 0.2) is 42.6 Å². The number of aromatic nitrogens is 2. The smallest absolute Gasteiger partial charge is 0.416 e. The van der Waals surface area contributed by atoms with E-state index in [2.05, 4.69) is 20.6 Å². The summed E-state index contributed by atoms with van der Waals surface area (Å²) in [5.41, 5.74) is 0.231. The summed E-state index contributed by atoms with van der Waals surface area (Å²) in [6, 6.07) is 8.40. The molecule has 2 N–H and O–H groups in total. The van der Waals surface area contributed by atoms with Crippen LogP contribution in [0.4, 0.5) is 40.7 Å². The van der Waals surface area contributed by atoms with Gasteiger partial charge in [0.15, 0.2) is 23.1 Å². The van der Waals surface area contributed by atoms with Gasteiger partial charge in [-0.15, -0.1) is 0 Å². The third kappa shape index (κ3) is 4.15. The monoisotopic (exact) mass is 406 g/mol. The number of fused-ring (bicyclic) bond motifs is 1. The van der Waals surface area contributed by atoms with Crippen molar-refractivity contribution >= 4 is 23.1 Å². The normalized spacial score (nSPS) is 12.7. The molecule has 1 aliphatic heterocycles. The van der Waals surface area contributed by atoms with Crippen molar-refractivity contribution in [3.05, 3.63) is 59.5 Å². The molecule has 0 fully saturated rings. The van der Waals surface area contributed by atoms with Gasteiger partial charge < -0.3 is 20.1 Å². The molecule has 0 atom stereocenters. The quantitative estimate of drug-likeness (QED) is 0.584. The Balaban J connectivity index is 1.58. The summed E-state index contributed by atoms with van der Waals surface area (Å²) >= 11 is 0. The van der Waals surface area contributed by atoms with Gasteiger partial charge in [-0.25, -0.2) is 9.37 Å². The molecule has 0 spiro atoms. The minimum atomic E-state index is -4.49. The maximum Gasteiger partial charge on any atom is 0.416 e. The molecule has 10 heteroatoms. The zero-order chi connectivity index (χ0) is 20.6. The molecule has 0 unspecified atom stereocenters. The van der Waals surface area contributed by atoms with E-state index in [9.17, 15) is 17.6 Å². The topological polar surface area (TPSA) is 68.3 Å². The van der Waals surface area contributed by atoms with Crippen molar-refractivity contribution in [2.45, 2.75) is 13.1 Å². The second-order valence-corrected chi connectivity index (χ2v) is 6.29. The van der Waals surface area contributed by atoms with Gasteiger partial charge in [0.2, 0.25) is 12.7 Å². The summed E-state index contributed by atoms with van der Waals surface area (Å²) in [6.45, 7) is 1.64. The molecule has 1 aliphatic rings. The number of benzene rings is 2. The third-order valence-electron chi connectivity index (χ3n) is 4.04. The average molecular weight is 406 g/mol. The van der Waals surface area contributed by atoms with Crippen molar-refractivity contribution in [2.24, 2.45) is 0 Å². The van der Waals surface area contributed by atoms with Crippen LogP contribution in [-0.4, -0.2) is 16.8 Å². The summed E-state index contributed by atoms with van der Waals surface area (Å²) < 4.78 is 63.6. The van der Waals surface area contributed by atoms with Crippen molar-refractivity contribution < 1.29 is 27.0 Å². The van der Waals surface area contributed by atoms with E-state index in [4.69, 9.17) is 9.47 Å². The molecule has 3 aromatic rings. The number of halogens is 4. The third-order valence-corrected chi connectivity index (χ3v) is 4.04. The van der Waals surface area contributed by atoms with Crippen LogP contribution in [0.25, 0.3) is 0 Å². The second-order valence-electron chi connectivity index (χ2n) is 6.29. The van der Waals surface area contributed by atoms with E-state index in [1.165, 1.54) is 6.07 Å². The lowest BCUT2D eigenvalue weighted by Gasteiger charge is -2.13. The molecule has 29 heavy (non-hydrogen) atoms. The minimum absolute atomic E-state index is 0.0617. The van der Waals surface area contributed by atoms with Gasteiger partial charge in [0.1, 0.15) is 0 Å². The SMILES string of the molecule is Cc1cc(Nc2ncc(F)c(Nc3ccc4c(c3)OCO4)n2)cc(C(F)(F)F)c1. The number of anilines is 4. The summed E-state index contributed by atoms with van der Waals surface area (Å²) in [6.07, 6.45) is -3.57. The Hall–Kier alpha value is -3.56. The first-order valence-corrected chi connectivity index (χ1v) is 8.43. The van der Waals surface area contributed by atoms with E-state index in [0.29, 0.717) is 22.7 Å². The Bertz CT molecular complexity index is 1070. The van der Waals surface area contributed by atoms with Crippen LogP contribution in [0.3, 0.4) is 0 Å². The Kier molecular flexibility index (Phi) is 4.61. The first-order valence-electron chi connectivity index (χ1n) is 8.43. The van der Waals surface area contributed by atoms with Crippen LogP contribution in [0.2, 0.25) is 0 Å². The van der Waals surface area contributed by atoms with Gasteiger partial charge in [-0.05, 0) is 42.8 Å². The minimum Gasteiger partial charge on any atom is -0.454 e. The van der Waals surface area contributed by atoms with Crippen molar-refractivity contribution in [1.29, 1.82) is 0 Å². The Morgan fingerprint density at radius 3 is 2.55 bits per heavy atom. The highest BCUT2D eigenvalue weighted by Gasteiger charge is 2.31. The fourth-order valence-electron chi connectivity index (χ4n) is 2.77. The second kappa shape index (κ2) is 7.12. The van der Waals surface area contributed by atoms with E-state index in [-0.39, 0.29) is 24.2 Å². The molecule has 0 radical (unpaired) electrons. The molecule has 2 heterocycles. The van der Waals surface area contributed by atoms with Gasteiger partial charge in [0.05, 0.1) is 11.8 Å². The number of nitrogens with zero attached hydrogens (tertiary/aromatic N) is 2. The van der Waals surface area contributed by atoms with E-state index in [1.807, 2.05) is 0 Å². The van der Waals surface area contributed by atoms with Crippen LogP contribution in [-0.2, 0) is 6.18 Å². The summed E-state index contributed by atoms with van der Waals surface area (Å²) in [4.78, 5) is 7.81. The summed E-state index contributed by atoms with van der Waals surface area (Å²) in [7, 11) is 0. The molecule has 2 aromatic carbocycles. The molecule has 150 valence electrons. The van der Waals surface area contributed by atoms with Crippen LogP contribution in [0, 0.1) is 12.7 Å². The van der Waals surface area contributed by atoms with Gasteiger partial charge >= 0.3 is 6.18 Å². The summed E-state index contributed by atoms with van der Waals surface area (Å²) in [5.74, 6) is 0.134. The first kappa shape index (κ1) is 18.8. The molecule has 1 aromatic heterocycles. The van der Waals surface area contributed by atoms with E-state index >= 15 is 0 Å². The standard InChI is InChI=1S/C19H14F4N4O2/c1-10-4-11(19(21,22)23)6-13(5-10)26-18-24-8-14(20)17(27-18)25-12-2-3-15-16(7-12)29-9-28-15/h2-8H,9H2,1H3,(H2,24,25,26,27). The van der Waals surface area contributed by atoms with Crippen molar-refractivity contribution in [3.8, 4) is 11.5 Å². The first-order chi connectivity index (χ1) is 13.8. The van der Waals surface area contributed by atoms with E-state index in [0.717, 1.165) is 18.3 Å². The van der Waals surface area contributed by atoms with Gasteiger partial charge in [-0.1, -0.05) is 0 Å². The lowest BCUT2D eigenvalue weighted by Crippen LogP contribution is -2.07. The molecule has 0 aliphatic carbocycles. The number of ether oxygens (including phenoxy) is 2. The summed E-state index contributed by atoms with van der Waals surface area (Å²) in [5, 5.41) is 5.47. The number of alkyl halides is 3. The molecule has 4 rings (SSSR count). The van der Waals surface area contributed by atoms with Gasteiger partial charge in [-0.2, -0.15) is 18.2 Å². The maximum atomic E-state index is 14.1. The Labute approximate surface area is 162 Å². The molecule has 6 nitrogen and oxygen atoms in total. The van der Waals surface area contributed by atoms with E-state index < -0.39 is 17.6 Å². The predicted octanol–water partition coefficient (Wildman–Crippen LogP) is 5.16. The average Bonchev–Trinajstić information content (AvgIpc) is 3.11. The Morgan fingerprint density at radius 1 is 0.966 bits per heavy atom. The van der Waals surface area contributed by atoms with Crippen molar-refractivity contribution in [3.63, 3.8) is 0 Å². The van der Waals surface area contributed by atoms with Crippen molar-refractivity contribution in [1.82, 2.24) is 9.97 Å². The zero-order valence-electron chi connectivity index (χ0n) is 15.0. The molecule has 0 bridgehead atoms. The Morgan fingerprint density at radius 2 is 1.76 bits per heavy atom. The highest BCUT2D eigenvalue weighted by molar-refractivity contribution is 5.64. The number of nitrogens with one attached hydrogen (secondary N) is 2. The maximum absolute atomic E-state index is 14.1. The number of hydrogen-bond donors (Lipinski definition) is 2. The van der Waals surface area contributed by atoms with Crippen molar-refractivity contribution in [2.75, 3.05) is 17.4 Å². The lowest BCUT2D eigenvalue weighted by molar-refractivity contribution is -0.137. The zero-order valence-corrected chi connectivity index (χ0v) is 15.0. The number of aryl methyl sites for hydroxylation is 1. The van der Waals surface area contributed by atoms with Crippen LogP contribution >= 0.6 is 0 Å². The molecule has 0 saturated carbocycles. The highest BCUT2D eigenvalue weighted by atomic mass is 19.4. The predicted molar refractivity (Wildman–Crippen MR) is 97.3 cm³/mol. The van der Waals surface area contributed by atoms with E-state index in [1.54, 1.807) is 25.1 Å². The van der Waals surface area contributed by atoms with Crippen LogP contribution < -0.4 is 20.1 Å². The van der Waals surface area contributed by atoms with Crippen LogP contribution in [0.5, 0.6) is 11.5 Å². The van der Waals surface area contributed by atoms with Gasteiger partial charge in [0.25, 0.3) is 0 Å². The molecular formula is C19H14F4N4O2. The molecular weight excluding hydrogens is 392 g/mol. The lowest BCUT2D eigenvalue weighted by atomic mass is 10.1. The fourth-order valence-corrected chi connectivity index (χ4v) is 2.77. The van der Waals surface area contributed by atoms with Gasteiger partial charge in [0, 0.05) is 17.4 Å². The number of rotatable bonds is 4. The largest absolute Gasteiger partial charge is 0.454 e. The van der Waals surface area contributed by atoms with Crippen LogP contribution in [0.1, 0.15) is 11.1 Å². The molecule has 0 amide bonds. The fraction of sp³-hybridized carbons (Fsp3) is 0.158. The molecule has 0 saturated heterocycles. The van der Waals surface area contributed by atoms with Gasteiger partial charge in [-0.3, -0.25) is 0 Å². The highest BCUT2D eigenvalue weighted by Crippen LogP contribution is 2.35. The number of hydrogen-bond acceptors (Lipinski definition) is 6.